The lowest BCUT2D eigenvalue weighted by Crippen LogP contribution is -2.28. The molecule has 0 atom stereocenters. The minimum atomic E-state index is -3.81. The lowest BCUT2D eigenvalue weighted by molar-refractivity contribution is -0.123. The third-order valence-electron chi connectivity index (χ3n) is 4.12. The number of hydrogen-bond donors (Lipinski definition) is 2. The highest BCUT2D eigenvalue weighted by molar-refractivity contribution is 7.92. The Labute approximate surface area is 180 Å². The Morgan fingerprint density at radius 2 is 1.77 bits per heavy atom. The molecule has 1 heterocycles. The number of pyridine rings is 1. The summed E-state index contributed by atoms with van der Waals surface area (Å²) in [5, 5.41) is 2.80. The largest absolute Gasteiger partial charge is 0.482 e. The second kappa shape index (κ2) is 9.60. The van der Waals surface area contributed by atoms with Crippen molar-refractivity contribution in [1.82, 2.24) is 10.3 Å². The van der Waals surface area contributed by atoms with E-state index < -0.39 is 10.0 Å². The van der Waals surface area contributed by atoms with Crippen molar-refractivity contribution in [3.05, 3.63) is 83.1 Å². The van der Waals surface area contributed by atoms with Crippen LogP contribution in [0.3, 0.4) is 0 Å². The number of aromatic nitrogens is 1. The average molecular weight is 446 g/mol. The number of halogens is 1. The Morgan fingerprint density at radius 3 is 2.43 bits per heavy atom. The Hall–Kier alpha value is -3.10. The van der Waals surface area contributed by atoms with E-state index in [1.165, 1.54) is 18.2 Å². The van der Waals surface area contributed by atoms with E-state index in [4.69, 9.17) is 16.3 Å². The summed E-state index contributed by atoms with van der Waals surface area (Å²) in [5.41, 5.74) is 2.38. The average Bonchev–Trinajstić information content (AvgIpc) is 2.73. The summed E-state index contributed by atoms with van der Waals surface area (Å²) in [6, 6.07) is 14.6. The molecule has 0 saturated carbocycles. The van der Waals surface area contributed by atoms with Crippen LogP contribution in [-0.2, 0) is 21.4 Å². The molecule has 0 saturated heterocycles. The van der Waals surface area contributed by atoms with E-state index >= 15 is 0 Å². The minimum Gasteiger partial charge on any atom is -0.482 e. The molecule has 156 valence electrons. The number of amides is 1. The number of ether oxygens (including phenoxy) is 1. The third kappa shape index (κ3) is 5.95. The molecule has 0 radical (unpaired) electrons. The van der Waals surface area contributed by atoms with Crippen molar-refractivity contribution < 1.29 is 17.9 Å². The monoisotopic (exact) mass is 445 g/mol. The van der Waals surface area contributed by atoms with Crippen LogP contribution in [0.1, 0.15) is 11.1 Å². The molecule has 0 spiro atoms. The lowest BCUT2D eigenvalue weighted by Gasteiger charge is -2.12. The quantitative estimate of drug-likeness (QED) is 0.552. The van der Waals surface area contributed by atoms with Gasteiger partial charge in [0, 0.05) is 24.6 Å². The fraction of sp³-hybridized carbons (Fsp3) is 0.143. The van der Waals surface area contributed by atoms with Gasteiger partial charge in [-0.2, -0.15) is 0 Å². The van der Waals surface area contributed by atoms with Gasteiger partial charge in [-0.25, -0.2) is 8.42 Å². The number of sulfonamides is 1. The minimum absolute atomic E-state index is 0.0115. The molecule has 0 aliphatic heterocycles. The Morgan fingerprint density at radius 1 is 1.07 bits per heavy atom. The van der Waals surface area contributed by atoms with Crippen molar-refractivity contribution in [3.8, 4) is 5.75 Å². The standard InChI is InChI=1S/C21H20ClN3O4S/c1-15-2-4-17(5-3-15)25-30(27,28)18-6-7-20(19(22)12-18)29-14-21(26)24-13-16-8-10-23-11-9-16/h2-12,25H,13-14H2,1H3,(H,24,26). The maximum absolute atomic E-state index is 12.6. The van der Waals surface area contributed by atoms with Crippen LogP contribution in [0.5, 0.6) is 5.75 Å². The summed E-state index contributed by atoms with van der Waals surface area (Å²) in [6.45, 7) is 2.01. The zero-order valence-electron chi connectivity index (χ0n) is 16.1. The molecule has 2 N–H and O–H groups in total. The molecular formula is C21H20ClN3O4S. The molecule has 0 bridgehead atoms. The van der Waals surface area contributed by atoms with Gasteiger partial charge in [-0.1, -0.05) is 29.3 Å². The van der Waals surface area contributed by atoms with Crippen molar-refractivity contribution in [3.63, 3.8) is 0 Å². The van der Waals surface area contributed by atoms with Gasteiger partial charge in [0.15, 0.2) is 6.61 Å². The summed E-state index contributed by atoms with van der Waals surface area (Å²) in [4.78, 5) is 15.9. The van der Waals surface area contributed by atoms with Gasteiger partial charge in [0.25, 0.3) is 15.9 Å². The molecular weight excluding hydrogens is 426 g/mol. The number of nitrogens with one attached hydrogen (secondary N) is 2. The number of nitrogens with zero attached hydrogens (tertiary/aromatic N) is 1. The van der Waals surface area contributed by atoms with Gasteiger partial charge < -0.3 is 10.1 Å². The van der Waals surface area contributed by atoms with Gasteiger partial charge in [-0.3, -0.25) is 14.5 Å². The second-order valence-corrected chi connectivity index (χ2v) is 8.57. The first kappa shape index (κ1) is 21.6. The molecule has 0 fully saturated rings. The van der Waals surface area contributed by atoms with Crippen LogP contribution in [0, 0.1) is 6.92 Å². The zero-order chi connectivity index (χ0) is 21.6. The summed E-state index contributed by atoms with van der Waals surface area (Å²) >= 11 is 6.16. The molecule has 0 aliphatic carbocycles. The number of anilines is 1. The summed E-state index contributed by atoms with van der Waals surface area (Å²) < 4.78 is 33.0. The van der Waals surface area contributed by atoms with E-state index in [9.17, 15) is 13.2 Å². The Kier molecular flexibility index (Phi) is 6.91. The normalized spacial score (nSPS) is 11.0. The zero-order valence-corrected chi connectivity index (χ0v) is 17.7. The van der Waals surface area contributed by atoms with Gasteiger partial charge in [0.2, 0.25) is 0 Å². The van der Waals surface area contributed by atoms with Gasteiger partial charge in [-0.15, -0.1) is 0 Å². The smallest absolute Gasteiger partial charge is 0.261 e. The fourth-order valence-electron chi connectivity index (χ4n) is 2.50. The van der Waals surface area contributed by atoms with Crippen molar-refractivity contribution in [2.75, 3.05) is 11.3 Å². The molecule has 1 amide bonds. The van der Waals surface area contributed by atoms with Gasteiger partial charge in [0.1, 0.15) is 5.75 Å². The molecule has 2 aromatic carbocycles. The summed E-state index contributed by atoms with van der Waals surface area (Å²) in [6.07, 6.45) is 3.28. The number of benzene rings is 2. The van der Waals surface area contributed by atoms with Gasteiger partial charge in [0.05, 0.1) is 9.92 Å². The van der Waals surface area contributed by atoms with Crippen molar-refractivity contribution >= 4 is 33.2 Å². The number of hydrogen-bond acceptors (Lipinski definition) is 5. The van der Waals surface area contributed by atoms with Crippen LogP contribution in [0.25, 0.3) is 0 Å². The van der Waals surface area contributed by atoms with Crippen molar-refractivity contribution in [2.45, 2.75) is 18.4 Å². The molecule has 0 aliphatic rings. The first-order chi connectivity index (χ1) is 14.3. The van der Waals surface area contributed by atoms with Crippen LogP contribution in [0.4, 0.5) is 5.69 Å². The highest BCUT2D eigenvalue weighted by Crippen LogP contribution is 2.28. The van der Waals surface area contributed by atoms with Crippen LogP contribution >= 0.6 is 11.6 Å². The van der Waals surface area contributed by atoms with E-state index in [0.717, 1.165) is 11.1 Å². The molecule has 3 aromatic rings. The van der Waals surface area contributed by atoms with Crippen LogP contribution in [-0.4, -0.2) is 25.9 Å². The van der Waals surface area contributed by atoms with Gasteiger partial charge >= 0.3 is 0 Å². The highest BCUT2D eigenvalue weighted by Gasteiger charge is 2.17. The first-order valence-electron chi connectivity index (χ1n) is 9.01. The van der Waals surface area contributed by atoms with Crippen LogP contribution < -0.4 is 14.8 Å². The molecule has 1 aromatic heterocycles. The Balaban J connectivity index is 1.59. The lowest BCUT2D eigenvalue weighted by atomic mass is 10.2. The van der Waals surface area contributed by atoms with Crippen LogP contribution in [0.2, 0.25) is 5.02 Å². The van der Waals surface area contributed by atoms with E-state index in [2.05, 4.69) is 15.0 Å². The summed E-state index contributed by atoms with van der Waals surface area (Å²) in [7, 11) is -3.81. The molecule has 3 rings (SSSR count). The number of aryl methyl sites for hydroxylation is 1. The third-order valence-corrected chi connectivity index (χ3v) is 5.79. The highest BCUT2D eigenvalue weighted by atomic mass is 35.5. The predicted octanol–water partition coefficient (Wildman–Crippen LogP) is 3.54. The molecule has 0 unspecified atom stereocenters. The number of rotatable bonds is 8. The van der Waals surface area contributed by atoms with Gasteiger partial charge in [-0.05, 0) is 55.0 Å². The predicted molar refractivity (Wildman–Crippen MR) is 115 cm³/mol. The van der Waals surface area contributed by atoms with Crippen molar-refractivity contribution in [1.29, 1.82) is 0 Å². The fourth-order valence-corrected chi connectivity index (χ4v) is 3.88. The summed E-state index contributed by atoms with van der Waals surface area (Å²) in [5.74, 6) is -0.120. The SMILES string of the molecule is Cc1ccc(NS(=O)(=O)c2ccc(OCC(=O)NCc3ccncc3)c(Cl)c2)cc1. The number of carbonyl (C=O) groups is 1. The molecule has 7 nitrogen and oxygen atoms in total. The molecule has 9 heteroatoms. The van der Waals surface area contributed by atoms with E-state index in [0.29, 0.717) is 12.2 Å². The van der Waals surface area contributed by atoms with Crippen molar-refractivity contribution in [2.24, 2.45) is 0 Å². The van der Waals surface area contributed by atoms with E-state index in [1.807, 2.05) is 19.1 Å². The number of carbonyl (C=O) groups excluding carboxylic acids is 1. The van der Waals surface area contributed by atoms with E-state index in [1.54, 1.807) is 36.7 Å². The maximum atomic E-state index is 12.6. The van der Waals surface area contributed by atoms with Crippen LogP contribution in [0.15, 0.2) is 71.9 Å². The first-order valence-corrected chi connectivity index (χ1v) is 10.9. The Bertz CT molecular complexity index is 1120. The second-order valence-electron chi connectivity index (χ2n) is 6.48. The topological polar surface area (TPSA) is 97.4 Å². The maximum Gasteiger partial charge on any atom is 0.261 e. The van der Waals surface area contributed by atoms with E-state index in [-0.39, 0.29) is 28.2 Å². The molecule has 30 heavy (non-hydrogen) atoms.